The van der Waals surface area contributed by atoms with E-state index in [-0.39, 0.29) is 6.10 Å². The Bertz CT molecular complexity index is 706. The van der Waals surface area contributed by atoms with Crippen LogP contribution < -0.4 is 19.9 Å². The number of nitrogens with two attached hydrogens (primary N) is 1. The Morgan fingerprint density at radius 1 is 1.00 bits per heavy atom. The van der Waals surface area contributed by atoms with Crippen LogP contribution in [0.5, 0.6) is 17.2 Å². The van der Waals surface area contributed by atoms with Crippen molar-refractivity contribution in [1.29, 1.82) is 0 Å². The lowest BCUT2D eigenvalue weighted by molar-refractivity contribution is 0.201. The third-order valence-electron chi connectivity index (χ3n) is 4.17. The van der Waals surface area contributed by atoms with Crippen LogP contribution in [0.15, 0.2) is 42.5 Å². The molecule has 2 N–H and O–H groups in total. The van der Waals surface area contributed by atoms with Crippen LogP contribution in [0.25, 0.3) is 11.1 Å². The first-order valence-corrected chi connectivity index (χ1v) is 8.08. The molecule has 126 valence electrons. The van der Waals surface area contributed by atoms with Gasteiger partial charge in [0.2, 0.25) is 0 Å². The van der Waals surface area contributed by atoms with Gasteiger partial charge in [0.05, 0.1) is 13.2 Å². The van der Waals surface area contributed by atoms with Gasteiger partial charge in [0.15, 0.2) is 11.5 Å². The van der Waals surface area contributed by atoms with Crippen molar-refractivity contribution >= 4 is 6.09 Å². The van der Waals surface area contributed by atoms with Crippen molar-refractivity contribution in [3.05, 3.63) is 42.5 Å². The maximum absolute atomic E-state index is 10.8. The minimum Gasteiger partial charge on any atom is -0.493 e. The Morgan fingerprint density at radius 3 is 2.29 bits per heavy atom. The molecule has 0 aliphatic heterocycles. The number of amides is 1. The SMILES string of the molecule is COc1ccc(-c2ccc(OC(N)=O)cc2)cc1OC1CCCC1. The summed E-state index contributed by atoms with van der Waals surface area (Å²) in [5.41, 5.74) is 7.01. The zero-order valence-electron chi connectivity index (χ0n) is 13.7. The number of primary amides is 1. The van der Waals surface area contributed by atoms with E-state index >= 15 is 0 Å². The van der Waals surface area contributed by atoms with Crippen molar-refractivity contribution in [2.24, 2.45) is 5.73 Å². The molecule has 3 rings (SSSR count). The van der Waals surface area contributed by atoms with Gasteiger partial charge in [-0.15, -0.1) is 0 Å². The van der Waals surface area contributed by atoms with E-state index in [0.29, 0.717) is 5.75 Å². The number of methoxy groups -OCH3 is 1. The molecule has 1 fully saturated rings. The molecule has 2 aromatic rings. The molecule has 0 aromatic heterocycles. The second-order valence-electron chi connectivity index (χ2n) is 5.84. The Kier molecular flexibility index (Phi) is 4.89. The fourth-order valence-electron chi connectivity index (χ4n) is 2.97. The van der Waals surface area contributed by atoms with E-state index in [1.54, 1.807) is 19.2 Å². The van der Waals surface area contributed by atoms with E-state index < -0.39 is 6.09 Å². The summed E-state index contributed by atoms with van der Waals surface area (Å²) in [4.78, 5) is 10.8. The summed E-state index contributed by atoms with van der Waals surface area (Å²) < 4.78 is 16.4. The zero-order valence-corrected chi connectivity index (χ0v) is 13.7. The molecule has 1 aliphatic carbocycles. The predicted octanol–water partition coefficient (Wildman–Crippen LogP) is 4.14. The van der Waals surface area contributed by atoms with E-state index in [4.69, 9.17) is 19.9 Å². The number of rotatable bonds is 5. The number of carbonyl (C=O) groups excluding carboxylic acids is 1. The van der Waals surface area contributed by atoms with Crippen molar-refractivity contribution in [3.63, 3.8) is 0 Å². The number of ether oxygens (including phenoxy) is 3. The highest BCUT2D eigenvalue weighted by Crippen LogP contribution is 2.35. The molecule has 2 aromatic carbocycles. The summed E-state index contributed by atoms with van der Waals surface area (Å²) >= 11 is 0. The van der Waals surface area contributed by atoms with Gasteiger partial charge in [-0.3, -0.25) is 0 Å². The van der Waals surface area contributed by atoms with E-state index in [1.807, 2.05) is 30.3 Å². The highest BCUT2D eigenvalue weighted by Gasteiger charge is 2.18. The van der Waals surface area contributed by atoms with E-state index in [2.05, 4.69) is 0 Å². The lowest BCUT2D eigenvalue weighted by Gasteiger charge is -2.17. The minimum atomic E-state index is -0.820. The Balaban J connectivity index is 1.83. The summed E-state index contributed by atoms with van der Waals surface area (Å²) in [6.45, 7) is 0. The highest BCUT2D eigenvalue weighted by atomic mass is 16.5. The van der Waals surface area contributed by atoms with E-state index in [0.717, 1.165) is 35.5 Å². The molecule has 0 unspecified atom stereocenters. The standard InChI is InChI=1S/C19H21NO4/c1-22-17-11-8-14(12-18(17)23-15-4-2-3-5-15)13-6-9-16(10-7-13)24-19(20)21/h6-12,15H,2-5H2,1H3,(H2,20,21). The van der Waals surface area contributed by atoms with Crippen molar-refractivity contribution in [1.82, 2.24) is 0 Å². The van der Waals surface area contributed by atoms with Crippen molar-refractivity contribution in [3.8, 4) is 28.4 Å². The number of benzene rings is 2. The number of carbonyl (C=O) groups is 1. The highest BCUT2D eigenvalue weighted by molar-refractivity contribution is 5.70. The third-order valence-corrected chi connectivity index (χ3v) is 4.17. The first kappa shape index (κ1) is 16.2. The Morgan fingerprint density at radius 2 is 1.67 bits per heavy atom. The second-order valence-corrected chi connectivity index (χ2v) is 5.84. The van der Waals surface area contributed by atoms with Gasteiger partial charge < -0.3 is 19.9 Å². The van der Waals surface area contributed by atoms with Crippen molar-refractivity contribution in [2.75, 3.05) is 7.11 Å². The molecule has 5 nitrogen and oxygen atoms in total. The quantitative estimate of drug-likeness (QED) is 0.896. The van der Waals surface area contributed by atoms with Gasteiger partial charge in [0.25, 0.3) is 0 Å². The molecule has 0 radical (unpaired) electrons. The van der Waals surface area contributed by atoms with Crippen LogP contribution in [0.1, 0.15) is 25.7 Å². The third kappa shape index (κ3) is 3.79. The van der Waals surface area contributed by atoms with Gasteiger partial charge in [0.1, 0.15) is 5.75 Å². The Hall–Kier alpha value is -2.69. The summed E-state index contributed by atoms with van der Waals surface area (Å²) in [7, 11) is 1.65. The van der Waals surface area contributed by atoms with Crippen LogP contribution >= 0.6 is 0 Å². The topological polar surface area (TPSA) is 70.8 Å². The zero-order chi connectivity index (χ0) is 16.9. The van der Waals surface area contributed by atoms with E-state index in [1.165, 1.54) is 12.8 Å². The molecule has 1 saturated carbocycles. The van der Waals surface area contributed by atoms with Crippen LogP contribution in [0.2, 0.25) is 0 Å². The normalized spacial score (nSPS) is 14.4. The summed E-state index contributed by atoms with van der Waals surface area (Å²) in [5.74, 6) is 1.92. The van der Waals surface area contributed by atoms with Gasteiger partial charge in [-0.2, -0.15) is 0 Å². The van der Waals surface area contributed by atoms with Gasteiger partial charge in [-0.25, -0.2) is 4.79 Å². The molecule has 0 bridgehead atoms. The molecule has 0 heterocycles. The average Bonchev–Trinajstić information content (AvgIpc) is 3.08. The molecule has 1 aliphatic rings. The monoisotopic (exact) mass is 327 g/mol. The first-order valence-electron chi connectivity index (χ1n) is 8.08. The van der Waals surface area contributed by atoms with Gasteiger partial charge in [0, 0.05) is 0 Å². The number of hydrogen-bond acceptors (Lipinski definition) is 4. The number of hydrogen-bond donors (Lipinski definition) is 1. The van der Waals surface area contributed by atoms with Crippen LogP contribution in [0, 0.1) is 0 Å². The second kappa shape index (κ2) is 7.25. The maximum atomic E-state index is 10.8. The van der Waals surface area contributed by atoms with Crippen LogP contribution in [-0.4, -0.2) is 19.3 Å². The molecule has 24 heavy (non-hydrogen) atoms. The van der Waals surface area contributed by atoms with Crippen molar-refractivity contribution < 1.29 is 19.0 Å². The molecular formula is C19H21NO4. The van der Waals surface area contributed by atoms with Crippen molar-refractivity contribution in [2.45, 2.75) is 31.8 Å². The fourth-order valence-corrected chi connectivity index (χ4v) is 2.97. The van der Waals surface area contributed by atoms with Crippen LogP contribution in [-0.2, 0) is 0 Å². The summed E-state index contributed by atoms with van der Waals surface area (Å²) in [6, 6.07) is 13.0. The lowest BCUT2D eigenvalue weighted by atomic mass is 10.0. The molecule has 5 heteroatoms. The minimum absolute atomic E-state index is 0.264. The molecular weight excluding hydrogens is 306 g/mol. The first-order chi connectivity index (χ1) is 11.7. The molecule has 1 amide bonds. The van der Waals surface area contributed by atoms with Crippen LogP contribution in [0.4, 0.5) is 4.79 Å². The van der Waals surface area contributed by atoms with Gasteiger partial charge in [-0.1, -0.05) is 18.2 Å². The lowest BCUT2D eigenvalue weighted by Crippen LogP contribution is -2.16. The Labute approximate surface area is 141 Å². The summed E-state index contributed by atoms with van der Waals surface area (Å²) in [5, 5.41) is 0. The smallest absolute Gasteiger partial charge is 0.409 e. The fraction of sp³-hybridized carbons (Fsp3) is 0.316. The predicted molar refractivity (Wildman–Crippen MR) is 91.5 cm³/mol. The molecule has 0 atom stereocenters. The van der Waals surface area contributed by atoms with Gasteiger partial charge in [-0.05, 0) is 61.1 Å². The average molecular weight is 327 g/mol. The van der Waals surface area contributed by atoms with Crippen LogP contribution in [0.3, 0.4) is 0 Å². The van der Waals surface area contributed by atoms with E-state index in [9.17, 15) is 4.79 Å². The largest absolute Gasteiger partial charge is 0.493 e. The molecule has 0 saturated heterocycles. The summed E-state index contributed by atoms with van der Waals surface area (Å²) in [6.07, 6.45) is 4.06. The maximum Gasteiger partial charge on any atom is 0.409 e. The van der Waals surface area contributed by atoms with Gasteiger partial charge >= 0.3 is 6.09 Å². The molecule has 0 spiro atoms.